The van der Waals surface area contributed by atoms with E-state index in [9.17, 15) is 19.8 Å². The van der Waals surface area contributed by atoms with Crippen molar-refractivity contribution in [2.24, 2.45) is 0 Å². The minimum atomic E-state index is -0.973. The number of hydrogen-bond donors (Lipinski definition) is 3. The quantitative estimate of drug-likeness (QED) is 0.0415. The van der Waals surface area contributed by atoms with E-state index >= 15 is 0 Å². The fourth-order valence-electron chi connectivity index (χ4n) is 5.42. The summed E-state index contributed by atoms with van der Waals surface area (Å²) in [5.41, 5.74) is 0.713. The summed E-state index contributed by atoms with van der Waals surface area (Å²) in [7, 11) is 1.50. The monoisotopic (exact) mass is 648 g/mol. The van der Waals surface area contributed by atoms with Gasteiger partial charge in [-0.05, 0) is 36.6 Å². The lowest BCUT2D eigenvalue weighted by molar-refractivity contribution is -0.147. The number of benzene rings is 1. The van der Waals surface area contributed by atoms with Crippen molar-refractivity contribution >= 4 is 18.0 Å². The highest BCUT2D eigenvalue weighted by Gasteiger charge is 2.07. The third-order valence-electron chi connectivity index (χ3n) is 8.28. The summed E-state index contributed by atoms with van der Waals surface area (Å²) in [6, 6.07) is 4.98. The van der Waals surface area contributed by atoms with E-state index in [0.717, 1.165) is 32.1 Å². The smallest absolute Gasteiger partial charge is 0.330 e. The predicted molar refractivity (Wildman–Crippen MR) is 185 cm³/mol. The number of aliphatic hydroxyl groups excluding tert-OH is 2. The fourth-order valence-corrected chi connectivity index (χ4v) is 5.42. The van der Waals surface area contributed by atoms with E-state index in [0.29, 0.717) is 24.3 Å². The molecule has 0 heterocycles. The van der Waals surface area contributed by atoms with Crippen LogP contribution in [-0.4, -0.2) is 60.3 Å². The molecule has 0 aliphatic rings. The Bertz CT molecular complexity index is 916. The summed E-state index contributed by atoms with van der Waals surface area (Å²) < 4.78 is 15.2. The number of carbonyl (C=O) groups is 2. The molecular weight excluding hydrogens is 584 g/mol. The van der Waals surface area contributed by atoms with E-state index in [4.69, 9.17) is 19.3 Å². The molecule has 0 fully saturated rings. The number of phenols is 1. The number of ether oxygens (including phenoxy) is 3. The minimum absolute atomic E-state index is 0.0415. The van der Waals surface area contributed by atoms with Crippen molar-refractivity contribution in [3.8, 4) is 11.5 Å². The molecule has 0 aliphatic carbocycles. The van der Waals surface area contributed by atoms with Gasteiger partial charge in [0.05, 0.1) is 20.3 Å². The summed E-state index contributed by atoms with van der Waals surface area (Å²) in [4.78, 5) is 23.4. The molecular formula is C38H64O8. The Kier molecular flexibility index (Phi) is 26.8. The molecule has 1 atom stereocenters. The molecule has 0 unspecified atom stereocenters. The Morgan fingerprint density at radius 1 is 0.696 bits per heavy atom. The molecule has 0 radical (unpaired) electrons. The number of phenolic OH excluding ortho intramolecular Hbond substituents is 1. The number of carbonyl (C=O) groups excluding carboxylic acids is 2. The molecule has 46 heavy (non-hydrogen) atoms. The molecule has 1 aromatic carbocycles. The highest BCUT2D eigenvalue weighted by Crippen LogP contribution is 2.26. The number of methoxy groups -OCH3 is 1. The van der Waals surface area contributed by atoms with Crippen molar-refractivity contribution in [3.63, 3.8) is 0 Å². The lowest BCUT2D eigenvalue weighted by Crippen LogP contribution is -2.21. The van der Waals surface area contributed by atoms with Crippen LogP contribution in [0.1, 0.15) is 153 Å². The van der Waals surface area contributed by atoms with Crippen molar-refractivity contribution in [1.82, 2.24) is 0 Å². The van der Waals surface area contributed by atoms with Gasteiger partial charge in [0.2, 0.25) is 0 Å². The first kappa shape index (κ1) is 41.4. The van der Waals surface area contributed by atoms with E-state index in [2.05, 4.69) is 0 Å². The number of unbranched alkanes of at least 4 members (excludes halogenated alkanes) is 21. The minimum Gasteiger partial charge on any atom is -0.504 e. The highest BCUT2D eigenvalue weighted by atomic mass is 16.5. The van der Waals surface area contributed by atoms with Gasteiger partial charge in [0.1, 0.15) is 12.7 Å². The molecule has 0 bridgehead atoms. The summed E-state index contributed by atoms with van der Waals surface area (Å²) in [6.07, 6.45) is 30.0. The summed E-state index contributed by atoms with van der Waals surface area (Å²) in [6.45, 7) is -0.0545. The highest BCUT2D eigenvalue weighted by molar-refractivity contribution is 5.87. The van der Waals surface area contributed by atoms with E-state index in [1.54, 1.807) is 24.3 Å². The Morgan fingerprint density at radius 2 is 1.15 bits per heavy atom. The Balaban J connectivity index is 1.75. The van der Waals surface area contributed by atoms with Crippen LogP contribution in [0.5, 0.6) is 11.5 Å². The third-order valence-corrected chi connectivity index (χ3v) is 8.28. The maximum absolute atomic E-state index is 11.9. The van der Waals surface area contributed by atoms with Crippen LogP contribution in [0.2, 0.25) is 0 Å². The van der Waals surface area contributed by atoms with Gasteiger partial charge in [-0.2, -0.15) is 0 Å². The van der Waals surface area contributed by atoms with E-state index in [-0.39, 0.29) is 30.9 Å². The van der Waals surface area contributed by atoms with Gasteiger partial charge in [-0.3, -0.25) is 4.79 Å². The van der Waals surface area contributed by atoms with Crippen molar-refractivity contribution in [3.05, 3.63) is 29.8 Å². The van der Waals surface area contributed by atoms with Gasteiger partial charge < -0.3 is 29.5 Å². The lowest BCUT2D eigenvalue weighted by Gasteiger charge is -2.08. The van der Waals surface area contributed by atoms with E-state index in [1.807, 2.05) is 0 Å². The van der Waals surface area contributed by atoms with Crippen molar-refractivity contribution in [1.29, 1.82) is 0 Å². The SMILES string of the molecule is COc1ccc(C=CC(=O)OCCCCCCCCCCCCCCCCCCCCCCCCC(=O)OC[C@H](O)CO)cc1O. The Morgan fingerprint density at radius 3 is 1.59 bits per heavy atom. The Labute approximate surface area is 278 Å². The van der Waals surface area contributed by atoms with Crippen molar-refractivity contribution < 1.29 is 39.1 Å². The molecule has 1 aromatic rings. The van der Waals surface area contributed by atoms with Crippen LogP contribution < -0.4 is 4.74 Å². The zero-order valence-electron chi connectivity index (χ0n) is 28.7. The predicted octanol–water partition coefficient (Wildman–Crippen LogP) is 8.83. The second-order valence-electron chi connectivity index (χ2n) is 12.5. The average molecular weight is 649 g/mol. The zero-order chi connectivity index (χ0) is 33.5. The number of aromatic hydroxyl groups is 1. The van der Waals surface area contributed by atoms with Crippen LogP contribution in [0.4, 0.5) is 0 Å². The third kappa shape index (κ3) is 24.6. The first-order valence-electron chi connectivity index (χ1n) is 18.1. The number of esters is 2. The van der Waals surface area contributed by atoms with Gasteiger partial charge in [-0.15, -0.1) is 0 Å². The molecule has 8 nitrogen and oxygen atoms in total. The summed E-state index contributed by atoms with van der Waals surface area (Å²) in [5, 5.41) is 27.7. The maximum Gasteiger partial charge on any atom is 0.330 e. The summed E-state index contributed by atoms with van der Waals surface area (Å²) >= 11 is 0. The average Bonchev–Trinajstić information content (AvgIpc) is 3.06. The van der Waals surface area contributed by atoms with Crippen LogP contribution in [0.25, 0.3) is 6.08 Å². The van der Waals surface area contributed by atoms with Gasteiger partial charge in [-0.1, -0.05) is 134 Å². The molecule has 264 valence electrons. The zero-order valence-corrected chi connectivity index (χ0v) is 28.7. The van der Waals surface area contributed by atoms with Crippen LogP contribution in [-0.2, 0) is 19.1 Å². The molecule has 0 aliphatic heterocycles. The first-order chi connectivity index (χ1) is 22.5. The van der Waals surface area contributed by atoms with Gasteiger partial charge in [-0.25, -0.2) is 4.79 Å². The molecule has 0 aromatic heterocycles. The molecule has 3 N–H and O–H groups in total. The first-order valence-corrected chi connectivity index (χ1v) is 18.1. The molecule has 0 saturated heterocycles. The van der Waals surface area contributed by atoms with Crippen LogP contribution >= 0.6 is 0 Å². The van der Waals surface area contributed by atoms with Gasteiger partial charge in [0.25, 0.3) is 0 Å². The standard InChI is InChI=1S/C38H64O8/c1-44-36-27-25-33(30-35(36)41)26-28-38(43)45-29-23-21-19-17-15-13-11-9-7-5-3-2-4-6-8-10-12-14-16-18-20-22-24-37(42)46-32-34(40)31-39/h25-28,30,34,39-41H,2-24,29,31-32H2,1H3/t34-/m1/s1. The largest absolute Gasteiger partial charge is 0.504 e. The van der Waals surface area contributed by atoms with Gasteiger partial charge in [0.15, 0.2) is 11.5 Å². The molecule has 0 spiro atoms. The van der Waals surface area contributed by atoms with E-state index in [1.165, 1.54) is 122 Å². The maximum atomic E-state index is 11.9. The molecule has 0 amide bonds. The van der Waals surface area contributed by atoms with Gasteiger partial charge >= 0.3 is 11.9 Å². The number of aliphatic hydroxyl groups is 2. The van der Waals surface area contributed by atoms with Crippen molar-refractivity contribution in [2.75, 3.05) is 26.9 Å². The molecule has 8 heteroatoms. The second-order valence-corrected chi connectivity index (χ2v) is 12.5. The second kappa shape index (κ2) is 29.8. The molecule has 1 rings (SSSR count). The lowest BCUT2D eigenvalue weighted by atomic mass is 10.0. The normalized spacial score (nSPS) is 12.0. The van der Waals surface area contributed by atoms with E-state index < -0.39 is 6.10 Å². The van der Waals surface area contributed by atoms with Crippen molar-refractivity contribution in [2.45, 2.75) is 154 Å². The summed E-state index contributed by atoms with van der Waals surface area (Å²) in [5.74, 6) is -0.207. The Hall–Kier alpha value is -2.58. The topological polar surface area (TPSA) is 123 Å². The van der Waals surface area contributed by atoms with Crippen LogP contribution in [0.15, 0.2) is 24.3 Å². The van der Waals surface area contributed by atoms with Gasteiger partial charge in [0, 0.05) is 12.5 Å². The fraction of sp³-hybridized carbons (Fsp3) is 0.737. The number of rotatable bonds is 31. The molecule has 0 saturated carbocycles. The van der Waals surface area contributed by atoms with Crippen LogP contribution in [0.3, 0.4) is 0 Å². The number of hydrogen-bond acceptors (Lipinski definition) is 8. The van der Waals surface area contributed by atoms with Crippen LogP contribution in [0, 0.1) is 0 Å².